The van der Waals surface area contributed by atoms with Crippen LogP contribution in [0.1, 0.15) is 26.3 Å². The minimum Gasteiger partial charge on any atom is -0.443 e. The highest BCUT2D eigenvalue weighted by Gasteiger charge is 2.37. The Balaban J connectivity index is 1.48. The Bertz CT molecular complexity index is 954. The summed E-state index contributed by atoms with van der Waals surface area (Å²) in [4.78, 5) is 29.4. The summed E-state index contributed by atoms with van der Waals surface area (Å²) in [5.41, 5.74) is 8.19. The molecule has 1 saturated heterocycles. The summed E-state index contributed by atoms with van der Waals surface area (Å²) in [5.74, 6) is 1.11. The number of fused-ring (bicyclic) bond motifs is 1. The van der Waals surface area contributed by atoms with Gasteiger partial charge in [-0.05, 0) is 63.1 Å². The topological polar surface area (TPSA) is 105 Å². The largest absolute Gasteiger partial charge is 0.443 e. The summed E-state index contributed by atoms with van der Waals surface area (Å²) in [5, 5.41) is 8.53. The van der Waals surface area contributed by atoms with Crippen molar-refractivity contribution < 1.29 is 14.3 Å². The first kappa shape index (κ1) is 19.0. The van der Waals surface area contributed by atoms with Crippen molar-refractivity contribution in [3.8, 4) is 0 Å². The van der Waals surface area contributed by atoms with Gasteiger partial charge in [0.1, 0.15) is 5.60 Å². The van der Waals surface area contributed by atoms with Crippen molar-refractivity contribution >= 4 is 35.1 Å². The summed E-state index contributed by atoms with van der Waals surface area (Å²) in [6.07, 6.45) is 0.238. The molecule has 0 atom stereocenters. The summed E-state index contributed by atoms with van der Waals surface area (Å²) in [6, 6.07) is 8.95. The summed E-state index contributed by atoms with van der Waals surface area (Å²) >= 11 is 0. The average Bonchev–Trinajstić information content (AvgIpc) is 3.23. The first-order valence-electron chi connectivity index (χ1n) is 9.54. The molecule has 3 heterocycles. The molecule has 2 aliphatic heterocycles. The van der Waals surface area contributed by atoms with Crippen molar-refractivity contribution in [3.05, 3.63) is 35.9 Å². The Morgan fingerprint density at radius 1 is 1.03 bits per heavy atom. The van der Waals surface area contributed by atoms with Gasteiger partial charge >= 0.3 is 12.1 Å². The van der Waals surface area contributed by atoms with Gasteiger partial charge in [-0.1, -0.05) is 0 Å². The fraction of sp³-hybridized carbons (Fsp3) is 0.400. The molecule has 0 bridgehead atoms. The van der Waals surface area contributed by atoms with Gasteiger partial charge in [-0.2, -0.15) is 0 Å². The lowest BCUT2D eigenvalue weighted by Gasteiger charge is -2.23. The normalized spacial score (nSPS) is 16.4. The number of anilines is 4. The van der Waals surface area contributed by atoms with E-state index in [1.54, 1.807) is 26.8 Å². The van der Waals surface area contributed by atoms with Crippen LogP contribution in [-0.4, -0.2) is 52.5 Å². The Morgan fingerprint density at radius 3 is 2.38 bits per heavy atom. The number of imide groups is 1. The molecule has 1 aromatic heterocycles. The number of hydrogen-bond acceptors (Lipinski definition) is 7. The summed E-state index contributed by atoms with van der Waals surface area (Å²) < 4.78 is 5.29. The molecular weight excluding hydrogens is 372 g/mol. The van der Waals surface area contributed by atoms with E-state index in [0.717, 1.165) is 29.2 Å². The highest BCUT2D eigenvalue weighted by molar-refractivity contribution is 6.02. The van der Waals surface area contributed by atoms with Crippen LogP contribution in [0.15, 0.2) is 30.3 Å². The van der Waals surface area contributed by atoms with Crippen LogP contribution in [0.4, 0.5) is 32.6 Å². The van der Waals surface area contributed by atoms with Gasteiger partial charge in [0.05, 0.1) is 6.54 Å². The Kier molecular flexibility index (Phi) is 4.52. The molecular formula is C20H24N6O3. The van der Waals surface area contributed by atoms with Crippen molar-refractivity contribution in [3.63, 3.8) is 0 Å². The lowest BCUT2D eigenvalue weighted by atomic mass is 10.1. The van der Waals surface area contributed by atoms with Crippen molar-refractivity contribution in [1.29, 1.82) is 0 Å². The standard InChI is InChI=1S/C20H24N6O3/c1-20(2,3)29-19(28)26-11-10-25(18(26)27)17-7-6-16(22-23-17)24-9-8-13-12-14(21)4-5-15(13)24/h4-7,12H,8-11,21H2,1-3H3. The van der Waals surface area contributed by atoms with Crippen molar-refractivity contribution in [2.75, 3.05) is 35.2 Å². The van der Waals surface area contributed by atoms with E-state index in [1.807, 2.05) is 24.3 Å². The number of aromatic nitrogens is 2. The van der Waals surface area contributed by atoms with Crippen molar-refractivity contribution in [2.45, 2.75) is 32.8 Å². The first-order chi connectivity index (χ1) is 13.7. The predicted octanol–water partition coefficient (Wildman–Crippen LogP) is 2.93. The molecule has 0 spiro atoms. The van der Waals surface area contributed by atoms with Crippen LogP contribution in [0.25, 0.3) is 0 Å². The van der Waals surface area contributed by atoms with E-state index in [-0.39, 0.29) is 6.54 Å². The number of carbonyl (C=O) groups is 2. The quantitative estimate of drug-likeness (QED) is 0.778. The number of ether oxygens (including phenoxy) is 1. The lowest BCUT2D eigenvalue weighted by molar-refractivity contribution is 0.0354. The molecule has 0 saturated carbocycles. The van der Waals surface area contributed by atoms with E-state index < -0.39 is 17.7 Å². The van der Waals surface area contributed by atoms with Crippen LogP contribution < -0.4 is 15.5 Å². The minimum atomic E-state index is -0.664. The number of amides is 3. The second-order valence-corrected chi connectivity index (χ2v) is 8.11. The SMILES string of the molecule is CC(C)(C)OC(=O)N1CCN(c2ccc(N3CCc4cc(N)ccc43)nn2)C1=O. The van der Waals surface area contributed by atoms with Crippen LogP contribution in [0.3, 0.4) is 0 Å². The molecule has 0 unspecified atom stereocenters. The van der Waals surface area contributed by atoms with Gasteiger partial charge < -0.3 is 15.4 Å². The number of rotatable bonds is 2. The molecule has 9 heteroatoms. The van der Waals surface area contributed by atoms with Crippen LogP contribution in [-0.2, 0) is 11.2 Å². The molecule has 0 radical (unpaired) electrons. The molecule has 1 fully saturated rings. The van der Waals surface area contributed by atoms with Crippen LogP contribution in [0, 0.1) is 0 Å². The molecule has 9 nitrogen and oxygen atoms in total. The third kappa shape index (κ3) is 3.67. The smallest absolute Gasteiger partial charge is 0.418 e. The van der Waals surface area contributed by atoms with Gasteiger partial charge in [0.2, 0.25) is 0 Å². The van der Waals surface area contributed by atoms with Crippen molar-refractivity contribution in [2.24, 2.45) is 0 Å². The van der Waals surface area contributed by atoms with E-state index >= 15 is 0 Å². The zero-order chi connectivity index (χ0) is 20.8. The second-order valence-electron chi connectivity index (χ2n) is 8.11. The third-order valence-electron chi connectivity index (χ3n) is 4.81. The van der Waals surface area contributed by atoms with Gasteiger partial charge in [-0.25, -0.2) is 14.5 Å². The molecule has 1 aromatic carbocycles. The number of hydrogen-bond donors (Lipinski definition) is 1. The van der Waals surface area contributed by atoms with Gasteiger partial charge in [-0.15, -0.1) is 10.2 Å². The number of benzene rings is 1. The third-order valence-corrected chi connectivity index (χ3v) is 4.81. The van der Waals surface area contributed by atoms with E-state index in [0.29, 0.717) is 18.2 Å². The highest BCUT2D eigenvalue weighted by atomic mass is 16.6. The number of nitrogens with two attached hydrogens (primary N) is 1. The fourth-order valence-electron chi connectivity index (χ4n) is 3.50. The maximum atomic E-state index is 12.6. The monoisotopic (exact) mass is 396 g/mol. The Hall–Kier alpha value is -3.36. The van der Waals surface area contributed by atoms with Crippen LogP contribution >= 0.6 is 0 Å². The van der Waals surface area contributed by atoms with Gasteiger partial charge in [-0.3, -0.25) is 4.90 Å². The zero-order valence-corrected chi connectivity index (χ0v) is 16.8. The van der Waals surface area contributed by atoms with Gasteiger partial charge in [0.15, 0.2) is 11.6 Å². The molecule has 0 aliphatic carbocycles. The minimum absolute atomic E-state index is 0.248. The maximum Gasteiger partial charge on any atom is 0.418 e. The molecule has 2 N–H and O–H groups in total. The van der Waals surface area contributed by atoms with Gasteiger partial charge in [0.25, 0.3) is 0 Å². The highest BCUT2D eigenvalue weighted by Crippen LogP contribution is 2.34. The number of nitrogen functional groups attached to an aromatic ring is 1. The predicted molar refractivity (Wildman–Crippen MR) is 109 cm³/mol. The fourth-order valence-corrected chi connectivity index (χ4v) is 3.50. The number of nitrogens with zero attached hydrogens (tertiary/aromatic N) is 5. The maximum absolute atomic E-state index is 12.6. The first-order valence-corrected chi connectivity index (χ1v) is 9.54. The van der Waals surface area contributed by atoms with Gasteiger partial charge in [0, 0.05) is 24.5 Å². The lowest BCUT2D eigenvalue weighted by Crippen LogP contribution is -2.40. The van der Waals surface area contributed by atoms with E-state index in [4.69, 9.17) is 10.5 Å². The average molecular weight is 396 g/mol. The van der Waals surface area contributed by atoms with Crippen LogP contribution in [0.2, 0.25) is 0 Å². The Labute approximate surface area is 169 Å². The summed E-state index contributed by atoms with van der Waals surface area (Å²) in [6.45, 7) is 6.67. The second kappa shape index (κ2) is 6.91. The Morgan fingerprint density at radius 2 is 1.72 bits per heavy atom. The molecule has 3 amide bonds. The zero-order valence-electron chi connectivity index (χ0n) is 16.8. The van der Waals surface area contributed by atoms with E-state index in [2.05, 4.69) is 15.1 Å². The van der Waals surface area contributed by atoms with E-state index in [9.17, 15) is 9.59 Å². The molecule has 2 aromatic rings. The van der Waals surface area contributed by atoms with Crippen LogP contribution in [0.5, 0.6) is 0 Å². The molecule has 4 rings (SSSR count). The van der Waals surface area contributed by atoms with Crippen molar-refractivity contribution in [1.82, 2.24) is 15.1 Å². The summed E-state index contributed by atoms with van der Waals surface area (Å²) in [7, 11) is 0. The number of carbonyl (C=O) groups excluding carboxylic acids is 2. The molecule has 29 heavy (non-hydrogen) atoms. The molecule has 2 aliphatic rings. The molecule has 152 valence electrons. The van der Waals surface area contributed by atoms with E-state index in [1.165, 1.54) is 10.5 Å². The number of urea groups is 1.